The van der Waals surface area contributed by atoms with Crippen LogP contribution in [0.5, 0.6) is 5.75 Å². The van der Waals surface area contributed by atoms with Crippen LogP contribution < -0.4 is 9.64 Å². The van der Waals surface area contributed by atoms with E-state index in [2.05, 4.69) is 27.0 Å². The largest absolute Gasteiger partial charge is 0.497 e. The molecule has 1 fully saturated rings. The lowest BCUT2D eigenvalue weighted by atomic mass is 10.2. The van der Waals surface area contributed by atoms with Crippen LogP contribution in [0.15, 0.2) is 57.5 Å². The number of carbonyl (C=O) groups excluding carboxylic acids is 1. The van der Waals surface area contributed by atoms with E-state index in [1.807, 2.05) is 47.5 Å². The van der Waals surface area contributed by atoms with Gasteiger partial charge in [0, 0.05) is 37.2 Å². The van der Waals surface area contributed by atoms with E-state index in [0.29, 0.717) is 29.8 Å². The number of nitrogens with zero attached hydrogens (tertiary/aromatic N) is 4. The van der Waals surface area contributed by atoms with Crippen LogP contribution >= 0.6 is 23.1 Å². The first-order chi connectivity index (χ1) is 16.1. The van der Waals surface area contributed by atoms with Crippen molar-refractivity contribution in [3.63, 3.8) is 0 Å². The molecule has 0 N–H and O–H groups in total. The van der Waals surface area contributed by atoms with Gasteiger partial charge in [0.05, 0.1) is 12.9 Å². The molecule has 1 saturated heterocycles. The number of amides is 1. The number of benzene rings is 2. The Morgan fingerprint density at radius 1 is 1.12 bits per heavy atom. The molecule has 5 rings (SSSR count). The molecular weight excluding hydrogens is 456 g/mol. The van der Waals surface area contributed by atoms with Crippen molar-refractivity contribution >= 4 is 45.8 Å². The number of anilines is 1. The highest BCUT2D eigenvalue weighted by molar-refractivity contribution is 7.98. The summed E-state index contributed by atoms with van der Waals surface area (Å²) in [6.07, 6.45) is 0. The van der Waals surface area contributed by atoms with Gasteiger partial charge in [0.1, 0.15) is 22.0 Å². The number of ether oxygens (including phenoxy) is 1. The number of thiazole rings is 1. The zero-order valence-electron chi connectivity index (χ0n) is 18.5. The molecule has 33 heavy (non-hydrogen) atoms. The fraction of sp³-hybridized carbons (Fsp3) is 0.292. The zero-order chi connectivity index (χ0) is 22.8. The Kier molecular flexibility index (Phi) is 6.24. The number of oxazole rings is 1. The number of methoxy groups -OCH3 is 1. The molecule has 0 spiro atoms. The van der Waals surface area contributed by atoms with Crippen molar-refractivity contribution in [2.75, 3.05) is 38.2 Å². The molecule has 3 heterocycles. The molecule has 2 aromatic heterocycles. The molecule has 0 radical (unpaired) electrons. The van der Waals surface area contributed by atoms with Gasteiger partial charge < -0.3 is 19.0 Å². The smallest absolute Gasteiger partial charge is 0.273 e. The molecule has 9 heteroatoms. The average Bonchev–Trinajstić information content (AvgIpc) is 3.50. The highest BCUT2D eigenvalue weighted by Gasteiger charge is 2.24. The second-order valence-corrected chi connectivity index (χ2v) is 9.66. The topological polar surface area (TPSA) is 71.7 Å². The van der Waals surface area contributed by atoms with Crippen LogP contribution in [-0.2, 0) is 5.75 Å². The number of carbonyl (C=O) groups is 1. The third kappa shape index (κ3) is 4.69. The second kappa shape index (κ2) is 9.44. The number of hydrogen-bond donors (Lipinski definition) is 0. The fourth-order valence-electron chi connectivity index (χ4n) is 3.85. The van der Waals surface area contributed by atoms with Gasteiger partial charge >= 0.3 is 0 Å². The molecular formula is C24H24N4O3S2. The monoisotopic (exact) mass is 480 g/mol. The van der Waals surface area contributed by atoms with Crippen LogP contribution in [-0.4, -0.2) is 54.1 Å². The summed E-state index contributed by atoms with van der Waals surface area (Å²) in [5.74, 6) is 1.46. The molecule has 2 aromatic carbocycles. The highest BCUT2D eigenvalue weighted by atomic mass is 32.2. The highest BCUT2D eigenvalue weighted by Crippen LogP contribution is 2.29. The first kappa shape index (κ1) is 21.8. The van der Waals surface area contributed by atoms with Gasteiger partial charge in [-0.05, 0) is 42.8 Å². The molecule has 1 aliphatic heterocycles. The molecule has 0 aliphatic carbocycles. The summed E-state index contributed by atoms with van der Waals surface area (Å²) in [6, 6.07) is 13.9. The summed E-state index contributed by atoms with van der Waals surface area (Å²) in [7, 11) is 1.67. The van der Waals surface area contributed by atoms with E-state index in [1.165, 1.54) is 23.1 Å². The van der Waals surface area contributed by atoms with Crippen molar-refractivity contribution in [3.8, 4) is 5.75 Å². The third-order valence-electron chi connectivity index (χ3n) is 5.70. The molecule has 4 aromatic rings. The van der Waals surface area contributed by atoms with Gasteiger partial charge in [-0.2, -0.15) is 0 Å². The van der Waals surface area contributed by atoms with E-state index >= 15 is 0 Å². The molecule has 0 atom stereocenters. The molecule has 0 bridgehead atoms. The minimum atomic E-state index is -0.00522. The minimum Gasteiger partial charge on any atom is -0.497 e. The van der Waals surface area contributed by atoms with Crippen molar-refractivity contribution in [2.24, 2.45) is 0 Å². The Labute approximate surface area is 200 Å². The van der Waals surface area contributed by atoms with Crippen LogP contribution in [0.25, 0.3) is 11.1 Å². The Bertz CT molecular complexity index is 1260. The minimum absolute atomic E-state index is 0.00522. The van der Waals surface area contributed by atoms with E-state index in [1.54, 1.807) is 7.11 Å². The maximum atomic E-state index is 13.0. The molecule has 0 saturated carbocycles. The molecule has 1 amide bonds. The van der Waals surface area contributed by atoms with Gasteiger partial charge in [-0.25, -0.2) is 9.97 Å². The lowest BCUT2D eigenvalue weighted by molar-refractivity contribution is 0.0741. The van der Waals surface area contributed by atoms with Crippen molar-refractivity contribution < 1.29 is 13.9 Å². The number of fused-ring (bicyclic) bond motifs is 1. The van der Waals surface area contributed by atoms with Crippen molar-refractivity contribution in [3.05, 3.63) is 64.1 Å². The Balaban J connectivity index is 1.16. The van der Waals surface area contributed by atoms with E-state index in [0.717, 1.165) is 46.2 Å². The summed E-state index contributed by atoms with van der Waals surface area (Å²) in [5, 5.41) is 3.36. The Hall–Kier alpha value is -3.04. The zero-order valence-corrected chi connectivity index (χ0v) is 20.1. The number of para-hydroxylation sites is 1. The van der Waals surface area contributed by atoms with E-state index in [4.69, 9.17) is 9.15 Å². The fourth-order valence-corrected chi connectivity index (χ4v) is 5.47. The SMILES string of the molecule is COc1ccc(N2CCN(C(=O)c3csc(CSc4nc5c(C)cccc5o4)n3)CC2)cc1. The quantitative estimate of drug-likeness (QED) is 0.365. The number of aromatic nitrogens is 2. The Morgan fingerprint density at radius 2 is 1.91 bits per heavy atom. The number of aryl methyl sites for hydroxylation is 1. The summed E-state index contributed by atoms with van der Waals surface area (Å²) in [6.45, 7) is 4.96. The maximum absolute atomic E-state index is 13.0. The van der Waals surface area contributed by atoms with Crippen LogP contribution in [0.2, 0.25) is 0 Å². The second-order valence-electron chi connectivity index (χ2n) is 7.79. The molecule has 7 nitrogen and oxygen atoms in total. The van der Waals surface area contributed by atoms with E-state index in [-0.39, 0.29) is 5.91 Å². The van der Waals surface area contributed by atoms with Crippen LogP contribution in [0.3, 0.4) is 0 Å². The summed E-state index contributed by atoms with van der Waals surface area (Å²) in [5.41, 5.74) is 4.44. The lowest BCUT2D eigenvalue weighted by Gasteiger charge is -2.35. The molecule has 170 valence electrons. The number of rotatable bonds is 6. The van der Waals surface area contributed by atoms with Gasteiger partial charge in [0.15, 0.2) is 5.58 Å². The average molecular weight is 481 g/mol. The summed E-state index contributed by atoms with van der Waals surface area (Å²) < 4.78 is 11.1. The van der Waals surface area contributed by atoms with Crippen molar-refractivity contribution in [1.29, 1.82) is 0 Å². The van der Waals surface area contributed by atoms with Gasteiger partial charge in [0.2, 0.25) is 0 Å². The van der Waals surface area contributed by atoms with Gasteiger partial charge in [0.25, 0.3) is 11.1 Å². The van der Waals surface area contributed by atoms with Gasteiger partial charge in [-0.3, -0.25) is 4.79 Å². The first-order valence-electron chi connectivity index (χ1n) is 10.7. The number of piperazine rings is 1. The van der Waals surface area contributed by atoms with Gasteiger partial charge in [-0.15, -0.1) is 11.3 Å². The van der Waals surface area contributed by atoms with E-state index in [9.17, 15) is 4.79 Å². The summed E-state index contributed by atoms with van der Waals surface area (Å²) in [4.78, 5) is 26.3. The summed E-state index contributed by atoms with van der Waals surface area (Å²) >= 11 is 3.00. The first-order valence-corrected chi connectivity index (χ1v) is 12.6. The Morgan fingerprint density at radius 3 is 2.64 bits per heavy atom. The standard InChI is InChI=1S/C24H24N4O3S2/c1-16-4-3-5-20-22(16)26-24(31-20)33-15-21-25-19(14-32-21)23(29)28-12-10-27(11-13-28)17-6-8-18(30-2)9-7-17/h3-9,14H,10-13,15H2,1-2H3. The van der Waals surface area contributed by atoms with Crippen LogP contribution in [0.4, 0.5) is 5.69 Å². The van der Waals surface area contributed by atoms with Gasteiger partial charge in [-0.1, -0.05) is 23.9 Å². The third-order valence-corrected chi connectivity index (χ3v) is 7.57. The predicted molar refractivity (Wildman–Crippen MR) is 132 cm³/mol. The number of thioether (sulfide) groups is 1. The number of hydrogen-bond acceptors (Lipinski definition) is 8. The normalized spacial score (nSPS) is 14.1. The predicted octanol–water partition coefficient (Wildman–Crippen LogP) is 4.86. The van der Waals surface area contributed by atoms with Crippen LogP contribution in [0, 0.1) is 6.92 Å². The van der Waals surface area contributed by atoms with Crippen LogP contribution in [0.1, 0.15) is 21.1 Å². The molecule has 0 unspecified atom stereocenters. The maximum Gasteiger partial charge on any atom is 0.273 e. The van der Waals surface area contributed by atoms with Crippen molar-refractivity contribution in [1.82, 2.24) is 14.9 Å². The van der Waals surface area contributed by atoms with Crippen molar-refractivity contribution in [2.45, 2.75) is 17.9 Å². The lowest BCUT2D eigenvalue weighted by Crippen LogP contribution is -2.48. The molecule has 1 aliphatic rings. The van der Waals surface area contributed by atoms with E-state index < -0.39 is 0 Å².